The maximum absolute atomic E-state index is 14.0. The standard InChI is InChI=1S/C30H37N7O/c1-18(2)22-8-6-7-9-26(22)37-27-17-35(28-19(3)10-11-25-24(28)15-32-34-25)13-12-23(27)29(33-30(37)38)36-16-20(4)31-14-21(36)5/h6-11,15,18,20-21,31H,12-14,16-17H2,1-5H3,(H,32,34)/t20-,21+/m1/s1. The first kappa shape index (κ1) is 24.7. The van der Waals surface area contributed by atoms with Crippen molar-refractivity contribution >= 4 is 22.4 Å². The molecule has 2 aromatic heterocycles. The van der Waals surface area contributed by atoms with Crippen LogP contribution in [0.15, 0.2) is 47.4 Å². The Labute approximate surface area is 223 Å². The molecule has 0 saturated carbocycles. The summed E-state index contributed by atoms with van der Waals surface area (Å²) in [4.78, 5) is 23.5. The van der Waals surface area contributed by atoms with E-state index in [4.69, 9.17) is 4.98 Å². The number of nitrogens with zero attached hydrogens (tertiary/aromatic N) is 5. The number of hydrogen-bond donors (Lipinski definition) is 2. The van der Waals surface area contributed by atoms with E-state index >= 15 is 0 Å². The summed E-state index contributed by atoms with van der Waals surface area (Å²) < 4.78 is 1.89. The molecule has 0 spiro atoms. The number of H-pyrrole nitrogens is 1. The highest BCUT2D eigenvalue weighted by molar-refractivity contribution is 5.93. The second kappa shape index (κ2) is 9.58. The topological polar surface area (TPSA) is 82.1 Å². The molecule has 0 radical (unpaired) electrons. The Morgan fingerprint density at radius 3 is 2.74 bits per heavy atom. The molecule has 2 atom stereocenters. The molecular weight excluding hydrogens is 474 g/mol. The molecule has 0 amide bonds. The van der Waals surface area contributed by atoms with Crippen LogP contribution in [0.1, 0.15) is 56.0 Å². The second-order valence-electron chi connectivity index (χ2n) is 11.2. The Balaban J connectivity index is 1.56. The van der Waals surface area contributed by atoms with Crippen molar-refractivity contribution in [2.45, 2.75) is 65.6 Å². The number of nitrogens with one attached hydrogen (secondary N) is 2. The third-order valence-electron chi connectivity index (χ3n) is 8.20. The van der Waals surface area contributed by atoms with Gasteiger partial charge in [-0.3, -0.25) is 9.67 Å². The molecule has 4 aromatic rings. The fraction of sp³-hybridized carbons (Fsp3) is 0.433. The Bertz CT molecular complexity index is 1550. The molecule has 2 aliphatic rings. The second-order valence-corrected chi connectivity index (χ2v) is 11.2. The van der Waals surface area contributed by atoms with Crippen molar-refractivity contribution < 1.29 is 0 Å². The van der Waals surface area contributed by atoms with Crippen molar-refractivity contribution in [1.29, 1.82) is 0 Å². The molecule has 38 heavy (non-hydrogen) atoms. The van der Waals surface area contributed by atoms with E-state index in [0.717, 1.165) is 59.7 Å². The zero-order valence-electron chi connectivity index (χ0n) is 23.0. The van der Waals surface area contributed by atoms with Crippen LogP contribution >= 0.6 is 0 Å². The third-order valence-corrected chi connectivity index (χ3v) is 8.20. The maximum Gasteiger partial charge on any atom is 0.354 e. The van der Waals surface area contributed by atoms with Crippen LogP contribution in [-0.2, 0) is 13.0 Å². The zero-order chi connectivity index (χ0) is 26.6. The van der Waals surface area contributed by atoms with E-state index in [-0.39, 0.29) is 17.6 Å². The number of piperazine rings is 1. The number of para-hydroxylation sites is 1. The number of aryl methyl sites for hydroxylation is 1. The van der Waals surface area contributed by atoms with Gasteiger partial charge < -0.3 is 15.1 Å². The first-order valence-corrected chi connectivity index (χ1v) is 13.7. The maximum atomic E-state index is 14.0. The smallest absolute Gasteiger partial charge is 0.354 e. The molecule has 198 valence electrons. The predicted molar refractivity (Wildman–Crippen MR) is 154 cm³/mol. The lowest BCUT2D eigenvalue weighted by Gasteiger charge is -2.41. The van der Waals surface area contributed by atoms with Crippen LogP contribution in [0.3, 0.4) is 0 Å². The van der Waals surface area contributed by atoms with Gasteiger partial charge in [0.1, 0.15) is 5.82 Å². The molecular formula is C30H37N7O. The first-order valence-electron chi connectivity index (χ1n) is 13.7. The quantitative estimate of drug-likeness (QED) is 0.425. The van der Waals surface area contributed by atoms with Gasteiger partial charge in [-0.25, -0.2) is 4.79 Å². The zero-order valence-corrected chi connectivity index (χ0v) is 23.0. The van der Waals surface area contributed by atoms with Crippen molar-refractivity contribution in [3.05, 3.63) is 75.5 Å². The van der Waals surface area contributed by atoms with Gasteiger partial charge in [0.2, 0.25) is 0 Å². The summed E-state index contributed by atoms with van der Waals surface area (Å²) in [6, 6.07) is 13.1. The molecule has 0 bridgehead atoms. The van der Waals surface area contributed by atoms with Gasteiger partial charge in [-0.2, -0.15) is 10.1 Å². The van der Waals surface area contributed by atoms with Crippen molar-refractivity contribution in [3.8, 4) is 5.69 Å². The minimum atomic E-state index is -0.203. The highest BCUT2D eigenvalue weighted by atomic mass is 16.1. The number of rotatable bonds is 4. The van der Waals surface area contributed by atoms with Gasteiger partial charge in [0, 0.05) is 42.7 Å². The van der Waals surface area contributed by atoms with Gasteiger partial charge in [-0.15, -0.1) is 0 Å². The van der Waals surface area contributed by atoms with Crippen molar-refractivity contribution in [2.24, 2.45) is 0 Å². The number of benzene rings is 2. The largest absolute Gasteiger partial charge is 0.365 e. The summed E-state index contributed by atoms with van der Waals surface area (Å²) in [5.74, 6) is 1.14. The SMILES string of the molecule is Cc1ccc2[nH]ncc2c1N1CCc2c(N3C[C@@H](C)NC[C@@H]3C)nc(=O)n(-c3ccccc3C(C)C)c2C1. The summed E-state index contributed by atoms with van der Waals surface area (Å²) >= 11 is 0. The van der Waals surface area contributed by atoms with Crippen LogP contribution < -0.4 is 20.8 Å². The first-order chi connectivity index (χ1) is 18.3. The van der Waals surface area contributed by atoms with Crippen molar-refractivity contribution in [1.82, 2.24) is 25.1 Å². The van der Waals surface area contributed by atoms with Gasteiger partial charge in [0.25, 0.3) is 0 Å². The number of anilines is 2. The molecule has 2 N–H and O–H groups in total. The van der Waals surface area contributed by atoms with E-state index in [1.165, 1.54) is 16.8 Å². The average Bonchev–Trinajstić information content (AvgIpc) is 3.38. The van der Waals surface area contributed by atoms with Gasteiger partial charge >= 0.3 is 5.69 Å². The Morgan fingerprint density at radius 2 is 1.92 bits per heavy atom. The van der Waals surface area contributed by atoms with Crippen LogP contribution in [0, 0.1) is 6.92 Å². The molecule has 8 heteroatoms. The van der Waals surface area contributed by atoms with Crippen molar-refractivity contribution in [3.63, 3.8) is 0 Å². The van der Waals surface area contributed by atoms with Crippen LogP contribution in [0.2, 0.25) is 0 Å². The van der Waals surface area contributed by atoms with E-state index in [1.807, 2.05) is 16.8 Å². The fourth-order valence-corrected chi connectivity index (χ4v) is 6.22. The minimum absolute atomic E-state index is 0.203. The molecule has 8 nitrogen and oxygen atoms in total. The lowest BCUT2D eigenvalue weighted by Crippen LogP contribution is -2.55. The van der Waals surface area contributed by atoms with Crippen LogP contribution in [-0.4, -0.2) is 51.5 Å². The van der Waals surface area contributed by atoms with Gasteiger partial charge in [-0.1, -0.05) is 38.1 Å². The molecule has 2 aromatic carbocycles. The Hall–Kier alpha value is -3.65. The van der Waals surface area contributed by atoms with Gasteiger partial charge in [0.15, 0.2) is 0 Å². The molecule has 0 aliphatic carbocycles. The predicted octanol–water partition coefficient (Wildman–Crippen LogP) is 4.29. The lowest BCUT2D eigenvalue weighted by molar-refractivity contribution is 0.420. The molecule has 1 saturated heterocycles. The summed E-state index contributed by atoms with van der Waals surface area (Å²) in [6.45, 7) is 14.1. The van der Waals surface area contributed by atoms with E-state index in [2.05, 4.69) is 90.3 Å². The monoisotopic (exact) mass is 511 g/mol. The molecule has 1 fully saturated rings. The average molecular weight is 512 g/mol. The Morgan fingerprint density at radius 1 is 1.11 bits per heavy atom. The highest BCUT2D eigenvalue weighted by Gasteiger charge is 2.32. The summed E-state index contributed by atoms with van der Waals surface area (Å²) in [6.07, 6.45) is 2.73. The fourth-order valence-electron chi connectivity index (χ4n) is 6.22. The van der Waals surface area contributed by atoms with Crippen molar-refractivity contribution in [2.75, 3.05) is 29.4 Å². The van der Waals surface area contributed by atoms with Crippen LogP contribution in [0.5, 0.6) is 0 Å². The van der Waals surface area contributed by atoms with Gasteiger partial charge in [0.05, 0.1) is 35.3 Å². The highest BCUT2D eigenvalue weighted by Crippen LogP contribution is 2.36. The van der Waals surface area contributed by atoms with E-state index < -0.39 is 0 Å². The molecule has 4 heterocycles. The van der Waals surface area contributed by atoms with E-state index in [9.17, 15) is 4.79 Å². The summed E-state index contributed by atoms with van der Waals surface area (Å²) in [5.41, 5.74) is 7.53. The normalized spacial score (nSPS) is 19.8. The van der Waals surface area contributed by atoms with E-state index in [0.29, 0.717) is 12.6 Å². The Kier molecular flexibility index (Phi) is 6.22. The molecule has 0 unspecified atom stereocenters. The molecule has 6 rings (SSSR count). The number of fused-ring (bicyclic) bond motifs is 2. The van der Waals surface area contributed by atoms with E-state index in [1.54, 1.807) is 0 Å². The summed E-state index contributed by atoms with van der Waals surface area (Å²) in [5, 5.41) is 12.1. The van der Waals surface area contributed by atoms with Gasteiger partial charge in [-0.05, 0) is 56.4 Å². The van der Waals surface area contributed by atoms with Crippen LogP contribution in [0.25, 0.3) is 16.6 Å². The number of aromatic nitrogens is 4. The third kappa shape index (κ3) is 4.07. The molecule has 2 aliphatic heterocycles. The minimum Gasteiger partial charge on any atom is -0.365 e. The summed E-state index contributed by atoms with van der Waals surface area (Å²) in [7, 11) is 0. The van der Waals surface area contributed by atoms with Crippen LogP contribution in [0.4, 0.5) is 11.5 Å². The lowest BCUT2D eigenvalue weighted by atomic mass is 9.98. The number of aromatic amines is 1. The number of hydrogen-bond acceptors (Lipinski definition) is 6.